The van der Waals surface area contributed by atoms with E-state index < -0.39 is 0 Å². The van der Waals surface area contributed by atoms with Gasteiger partial charge in [-0.05, 0) is 45.8 Å². The third kappa shape index (κ3) is 5.83. The van der Waals surface area contributed by atoms with E-state index in [0.29, 0.717) is 0 Å². The van der Waals surface area contributed by atoms with Crippen molar-refractivity contribution in [3.05, 3.63) is 28.8 Å². The highest BCUT2D eigenvalue weighted by molar-refractivity contribution is 7.99. The molecule has 0 unspecified atom stereocenters. The van der Waals surface area contributed by atoms with Crippen LogP contribution in [0, 0.1) is 0 Å². The van der Waals surface area contributed by atoms with Crippen LogP contribution in [0.15, 0.2) is 12.1 Å². The van der Waals surface area contributed by atoms with Crippen LogP contribution in [0.5, 0.6) is 0 Å². The highest BCUT2D eigenvalue weighted by Gasteiger charge is 2.32. The third-order valence-electron chi connectivity index (χ3n) is 5.39. The quantitative estimate of drug-likeness (QED) is 0.503. The van der Waals surface area contributed by atoms with E-state index in [1.54, 1.807) is 14.2 Å². The SMILES string of the molecule is COCCC(C)(C)c1cc(C(C)(C)C)cc(C(C)(C)CCOC)c1P=S. The molecule has 4 heteroatoms. The fraction of sp³-hybridized carbons (Fsp3) is 0.727. The minimum absolute atomic E-state index is 0.0184. The molecule has 0 aromatic heterocycles. The number of hydrogen-bond acceptors (Lipinski definition) is 3. The highest BCUT2D eigenvalue weighted by atomic mass is 32.4. The van der Waals surface area contributed by atoms with Crippen LogP contribution in [-0.2, 0) is 37.5 Å². The predicted octanol–water partition coefficient (Wildman–Crippen LogP) is 5.65. The standard InChI is InChI=1S/C22H37O2PS/c1-20(2,3)16-14-17(21(4,5)10-12-23-8)19(25-26)18(15-16)22(6,7)11-13-24-9/h14-15H,10-13H2,1-9H3. The van der Waals surface area contributed by atoms with Crippen LogP contribution in [0.2, 0.25) is 0 Å². The van der Waals surface area contributed by atoms with Crippen molar-refractivity contribution in [2.24, 2.45) is 0 Å². The van der Waals surface area contributed by atoms with Crippen molar-refractivity contribution in [3.63, 3.8) is 0 Å². The molecule has 0 aliphatic heterocycles. The summed E-state index contributed by atoms with van der Waals surface area (Å²) in [6, 6.07) is 4.78. The zero-order valence-corrected chi connectivity index (χ0v) is 19.9. The first kappa shape index (κ1) is 23.7. The summed E-state index contributed by atoms with van der Waals surface area (Å²) < 4.78 is 10.8. The van der Waals surface area contributed by atoms with Gasteiger partial charge in [0.1, 0.15) is 0 Å². The molecule has 0 saturated carbocycles. The lowest BCUT2D eigenvalue weighted by Crippen LogP contribution is -2.33. The van der Waals surface area contributed by atoms with Crippen molar-refractivity contribution in [2.75, 3.05) is 27.4 Å². The Morgan fingerprint density at radius 2 is 1.19 bits per heavy atom. The molecule has 0 spiro atoms. The lowest BCUT2D eigenvalue weighted by Gasteiger charge is -2.35. The summed E-state index contributed by atoms with van der Waals surface area (Å²) in [5, 5.41) is 1.30. The second-order valence-electron chi connectivity index (χ2n) is 9.51. The van der Waals surface area contributed by atoms with Crippen LogP contribution in [0.4, 0.5) is 0 Å². The van der Waals surface area contributed by atoms with Crippen molar-refractivity contribution in [3.8, 4) is 0 Å². The molecule has 0 amide bonds. The monoisotopic (exact) mass is 396 g/mol. The molecule has 1 aromatic rings. The molecule has 0 fully saturated rings. The molecule has 1 rings (SSSR count). The maximum Gasteiger partial charge on any atom is 0.0470 e. The largest absolute Gasteiger partial charge is 0.385 e. The Bertz CT molecular complexity index is 574. The van der Waals surface area contributed by atoms with Crippen molar-refractivity contribution in [1.29, 1.82) is 0 Å². The van der Waals surface area contributed by atoms with Gasteiger partial charge in [-0.2, -0.15) is 0 Å². The summed E-state index contributed by atoms with van der Waals surface area (Å²) in [7, 11) is 4.46. The Balaban J connectivity index is 3.68. The van der Waals surface area contributed by atoms with Gasteiger partial charge >= 0.3 is 0 Å². The average Bonchev–Trinajstić information content (AvgIpc) is 2.56. The minimum Gasteiger partial charge on any atom is -0.385 e. The molecule has 0 aliphatic carbocycles. The van der Waals surface area contributed by atoms with Gasteiger partial charge in [-0.3, -0.25) is 0 Å². The maximum absolute atomic E-state index is 5.60. The summed E-state index contributed by atoms with van der Waals surface area (Å²) in [5.74, 6) is 0. The molecule has 0 heterocycles. The molecule has 0 radical (unpaired) electrons. The number of ether oxygens (including phenoxy) is 2. The number of methoxy groups -OCH3 is 2. The second kappa shape index (κ2) is 9.24. The Labute approximate surface area is 167 Å². The van der Waals surface area contributed by atoms with Gasteiger partial charge < -0.3 is 9.47 Å². The van der Waals surface area contributed by atoms with Gasteiger partial charge in [0.25, 0.3) is 0 Å². The minimum atomic E-state index is 0.0184. The number of hydrogen-bond donors (Lipinski definition) is 0. The van der Waals surface area contributed by atoms with Gasteiger partial charge in [-0.1, -0.05) is 72.4 Å². The summed E-state index contributed by atoms with van der Waals surface area (Å²) in [4.78, 5) is 0. The second-order valence-corrected chi connectivity index (χ2v) is 10.7. The van der Waals surface area contributed by atoms with E-state index in [2.05, 4.69) is 60.6 Å². The van der Waals surface area contributed by atoms with Crippen molar-refractivity contribution >= 4 is 24.5 Å². The van der Waals surface area contributed by atoms with Crippen LogP contribution in [0.25, 0.3) is 0 Å². The summed E-state index contributed by atoms with van der Waals surface area (Å²) in [5.41, 5.74) is 4.25. The molecule has 2 nitrogen and oxygen atoms in total. The Kier molecular flexibility index (Phi) is 8.42. The van der Waals surface area contributed by atoms with Crippen LogP contribution >= 0.6 is 7.36 Å². The van der Waals surface area contributed by atoms with Crippen LogP contribution in [0.1, 0.15) is 78.0 Å². The van der Waals surface area contributed by atoms with Crippen LogP contribution in [-0.4, -0.2) is 27.4 Å². The molecule has 26 heavy (non-hydrogen) atoms. The summed E-state index contributed by atoms with van der Waals surface area (Å²) in [6.07, 6.45) is 1.96. The molecular formula is C22H37O2PS. The maximum atomic E-state index is 5.60. The van der Waals surface area contributed by atoms with Gasteiger partial charge in [0.2, 0.25) is 0 Å². The fourth-order valence-electron chi connectivity index (χ4n) is 3.18. The molecule has 148 valence electrons. The Morgan fingerprint density at radius 1 is 0.808 bits per heavy atom. The highest BCUT2D eigenvalue weighted by Crippen LogP contribution is 2.37. The zero-order valence-electron chi connectivity index (χ0n) is 18.2. The van der Waals surface area contributed by atoms with Crippen LogP contribution < -0.4 is 5.30 Å². The lowest BCUT2D eigenvalue weighted by molar-refractivity contribution is 0.173. The number of benzene rings is 1. The van der Waals surface area contributed by atoms with E-state index in [-0.39, 0.29) is 16.2 Å². The topological polar surface area (TPSA) is 18.5 Å². The van der Waals surface area contributed by atoms with Crippen molar-refractivity contribution < 1.29 is 9.47 Å². The van der Waals surface area contributed by atoms with Crippen molar-refractivity contribution in [1.82, 2.24) is 0 Å². The molecule has 0 N–H and O–H groups in total. The molecule has 0 saturated heterocycles. The van der Waals surface area contributed by atoms with Crippen molar-refractivity contribution in [2.45, 2.75) is 77.6 Å². The molecule has 1 aromatic carbocycles. The molecule has 0 aliphatic rings. The van der Waals surface area contributed by atoms with Gasteiger partial charge in [-0.15, -0.1) is 0 Å². The normalized spacial score (nSPS) is 13.4. The van der Waals surface area contributed by atoms with Gasteiger partial charge in [0.05, 0.1) is 0 Å². The lowest BCUT2D eigenvalue weighted by atomic mass is 9.72. The summed E-state index contributed by atoms with van der Waals surface area (Å²) >= 11 is 5.60. The zero-order chi connectivity index (χ0) is 20.2. The van der Waals surface area contributed by atoms with E-state index in [1.165, 1.54) is 22.0 Å². The number of rotatable bonds is 9. The van der Waals surface area contributed by atoms with E-state index in [1.807, 2.05) is 0 Å². The van der Waals surface area contributed by atoms with Gasteiger partial charge in [0.15, 0.2) is 0 Å². The Morgan fingerprint density at radius 3 is 1.46 bits per heavy atom. The van der Waals surface area contributed by atoms with Gasteiger partial charge in [-0.25, -0.2) is 0 Å². The summed E-state index contributed by atoms with van der Waals surface area (Å²) in [6.45, 7) is 17.6. The van der Waals surface area contributed by atoms with Crippen LogP contribution in [0.3, 0.4) is 0 Å². The Hall–Kier alpha value is -0.340. The first-order chi connectivity index (χ1) is 11.9. The van der Waals surface area contributed by atoms with E-state index in [0.717, 1.165) is 33.4 Å². The first-order valence-electron chi connectivity index (χ1n) is 9.41. The smallest absolute Gasteiger partial charge is 0.0470 e. The molecular weight excluding hydrogens is 359 g/mol. The van der Waals surface area contributed by atoms with E-state index in [9.17, 15) is 0 Å². The predicted molar refractivity (Wildman–Crippen MR) is 118 cm³/mol. The fourth-order valence-corrected chi connectivity index (χ4v) is 4.70. The van der Waals surface area contributed by atoms with E-state index in [4.69, 9.17) is 21.3 Å². The third-order valence-corrected chi connectivity index (χ3v) is 6.60. The van der Waals surface area contributed by atoms with Gasteiger partial charge in [0, 0.05) is 40.1 Å². The first-order valence-corrected chi connectivity index (χ1v) is 11.3. The average molecular weight is 397 g/mol. The molecule has 0 bridgehead atoms. The van der Waals surface area contributed by atoms with E-state index >= 15 is 0 Å². The molecule has 0 atom stereocenters.